The van der Waals surface area contributed by atoms with Crippen LogP contribution in [-0.2, 0) is 16.1 Å². The fraction of sp³-hybridized carbons (Fsp3) is 0.364. The van der Waals surface area contributed by atoms with E-state index in [-0.39, 0.29) is 29.8 Å². The summed E-state index contributed by atoms with van der Waals surface area (Å²) in [6.45, 7) is 1.85. The van der Waals surface area contributed by atoms with Crippen LogP contribution in [0.2, 0.25) is 0 Å². The van der Waals surface area contributed by atoms with Gasteiger partial charge in [-0.3, -0.25) is 4.79 Å². The molecule has 1 aliphatic carbocycles. The minimum Gasteiger partial charge on any atom is -0.493 e. The number of esters is 1. The van der Waals surface area contributed by atoms with Gasteiger partial charge < -0.3 is 24.1 Å². The van der Waals surface area contributed by atoms with Crippen molar-refractivity contribution in [3.63, 3.8) is 0 Å². The van der Waals surface area contributed by atoms with Gasteiger partial charge in [0.2, 0.25) is 5.75 Å². The van der Waals surface area contributed by atoms with Gasteiger partial charge in [0.05, 0.1) is 22.5 Å². The van der Waals surface area contributed by atoms with Crippen LogP contribution in [0.5, 0.6) is 17.2 Å². The smallest absolute Gasteiger partial charge is 0.338 e. The van der Waals surface area contributed by atoms with Crippen LogP contribution in [0.25, 0.3) is 11.1 Å². The normalized spacial score (nSPS) is 18.2. The van der Waals surface area contributed by atoms with Crippen molar-refractivity contribution in [1.82, 2.24) is 0 Å². The van der Waals surface area contributed by atoms with Gasteiger partial charge in [-0.05, 0) is 49.6 Å². The fourth-order valence-electron chi connectivity index (χ4n) is 3.68. The van der Waals surface area contributed by atoms with Crippen LogP contribution in [0.4, 0.5) is 0 Å². The van der Waals surface area contributed by atoms with Gasteiger partial charge in [-0.15, -0.1) is 0 Å². The molecule has 0 amide bonds. The first-order valence-corrected chi connectivity index (χ1v) is 9.19. The van der Waals surface area contributed by atoms with Gasteiger partial charge in [-0.25, -0.2) is 4.79 Å². The summed E-state index contributed by atoms with van der Waals surface area (Å²) < 4.78 is 37.1. The van der Waals surface area contributed by atoms with Crippen molar-refractivity contribution in [2.75, 3.05) is 14.2 Å². The molecule has 29 heavy (non-hydrogen) atoms. The molecule has 1 fully saturated rings. The van der Waals surface area contributed by atoms with Gasteiger partial charge in [0, 0.05) is 11.1 Å². The van der Waals surface area contributed by atoms with Crippen molar-refractivity contribution < 1.29 is 36.4 Å². The quantitative estimate of drug-likeness (QED) is 0.709. The summed E-state index contributed by atoms with van der Waals surface area (Å²) in [5.41, 5.74) is 1.48. The Morgan fingerprint density at radius 2 is 1.97 bits per heavy atom. The highest BCUT2D eigenvalue weighted by Crippen LogP contribution is 2.53. The number of ether oxygens (including phenoxy) is 4. The first-order valence-electron chi connectivity index (χ1n) is 10.3. The van der Waals surface area contributed by atoms with Crippen molar-refractivity contribution in [3.8, 4) is 28.4 Å². The highest BCUT2D eigenvalue weighted by molar-refractivity contribution is 5.94. The van der Waals surface area contributed by atoms with Crippen molar-refractivity contribution in [2.45, 2.75) is 32.5 Å². The van der Waals surface area contributed by atoms with E-state index in [4.69, 9.17) is 21.7 Å². The molecule has 1 heterocycles. The van der Waals surface area contributed by atoms with Crippen LogP contribution in [0.3, 0.4) is 0 Å². The summed E-state index contributed by atoms with van der Waals surface area (Å²) in [6, 6.07) is 8.55. The molecule has 7 nitrogen and oxygen atoms in total. The zero-order valence-corrected chi connectivity index (χ0v) is 16.1. The van der Waals surface area contributed by atoms with E-state index in [2.05, 4.69) is 0 Å². The highest BCUT2D eigenvalue weighted by atomic mass is 16.5. The van der Waals surface area contributed by atoms with Gasteiger partial charge >= 0.3 is 11.9 Å². The molecule has 0 aromatic heterocycles. The van der Waals surface area contributed by atoms with Crippen molar-refractivity contribution >= 4 is 11.9 Å². The van der Waals surface area contributed by atoms with Crippen LogP contribution in [0.1, 0.15) is 38.4 Å². The Balaban J connectivity index is 1.83. The summed E-state index contributed by atoms with van der Waals surface area (Å²) in [4.78, 5) is 23.6. The number of cyclic esters (lactones) is 1. The number of aliphatic carboxylic acids is 1. The Bertz CT molecular complexity index is 1050. The molecule has 1 unspecified atom stereocenters. The second-order valence-corrected chi connectivity index (χ2v) is 7.26. The molecule has 1 atom stereocenters. The van der Waals surface area contributed by atoms with Crippen LogP contribution < -0.4 is 14.2 Å². The van der Waals surface area contributed by atoms with E-state index in [1.165, 1.54) is 7.11 Å². The maximum Gasteiger partial charge on any atom is 0.338 e. The molecule has 0 radical (unpaired) electrons. The summed E-state index contributed by atoms with van der Waals surface area (Å²) in [7, 11) is -0.224. The molecule has 2 aliphatic rings. The molecule has 1 aliphatic heterocycles. The molecule has 7 heteroatoms. The molecular weight excluding hydrogens is 376 g/mol. The molecule has 0 bridgehead atoms. The first-order chi connectivity index (χ1) is 14.8. The third-order valence-electron chi connectivity index (χ3n) is 5.70. The summed E-state index contributed by atoms with van der Waals surface area (Å²) in [6.07, 6.45) is 0.306. The molecule has 1 N–H and O–H groups in total. The second kappa shape index (κ2) is 6.99. The predicted molar refractivity (Wildman–Crippen MR) is 103 cm³/mol. The van der Waals surface area contributed by atoms with E-state index < -0.39 is 24.6 Å². The first kappa shape index (κ1) is 16.7. The van der Waals surface area contributed by atoms with Crippen molar-refractivity contribution in [1.29, 1.82) is 0 Å². The van der Waals surface area contributed by atoms with E-state index in [0.29, 0.717) is 29.5 Å². The zero-order valence-electron chi connectivity index (χ0n) is 18.1. The maximum atomic E-state index is 11.8. The lowest BCUT2D eigenvalue weighted by Gasteiger charge is -2.25. The summed E-state index contributed by atoms with van der Waals surface area (Å²) >= 11 is 0. The fourth-order valence-corrected chi connectivity index (χ4v) is 3.68. The largest absolute Gasteiger partial charge is 0.493 e. The number of hydrogen-bond acceptors (Lipinski definition) is 6. The Morgan fingerprint density at radius 3 is 2.62 bits per heavy atom. The third kappa shape index (κ3) is 3.06. The number of fused-ring (bicyclic) bond motifs is 1. The molecule has 4 rings (SSSR count). The number of benzene rings is 2. The van der Waals surface area contributed by atoms with Gasteiger partial charge in [-0.2, -0.15) is 0 Å². The predicted octanol–water partition coefficient (Wildman–Crippen LogP) is 3.67. The van der Waals surface area contributed by atoms with E-state index in [1.807, 2.05) is 0 Å². The number of methoxy groups -OCH3 is 2. The molecule has 152 valence electrons. The monoisotopic (exact) mass is 400 g/mol. The number of carbonyl (C=O) groups excluding carboxylic acids is 1. The minimum absolute atomic E-state index is 0.0517. The number of hydrogen-bond donors (Lipinski definition) is 1. The number of carboxylic acid groups (broad SMARTS) is 1. The Morgan fingerprint density at radius 1 is 1.21 bits per heavy atom. The van der Waals surface area contributed by atoms with E-state index in [0.717, 1.165) is 5.56 Å². The summed E-state index contributed by atoms with van der Waals surface area (Å²) in [5, 5.41) is 9.64. The number of carbonyl (C=O) groups is 2. The van der Waals surface area contributed by atoms with Crippen LogP contribution in [0.15, 0.2) is 30.3 Å². The maximum absolute atomic E-state index is 11.8. The Labute approximate surface area is 171 Å². The molecule has 2 aromatic rings. The second-order valence-electron chi connectivity index (χ2n) is 7.26. The van der Waals surface area contributed by atoms with E-state index in [1.54, 1.807) is 37.3 Å². The van der Waals surface area contributed by atoms with Crippen molar-refractivity contribution in [2.24, 2.45) is 5.41 Å². The van der Waals surface area contributed by atoms with Gasteiger partial charge in [0.1, 0.15) is 18.1 Å². The molecule has 1 saturated carbocycles. The standard InChI is InChI=1S/C22H22O7/c1-12(22(8-9-22)21(24)25)29-18-15(6-7-17(26-2)19(18)27-3)13-4-5-16-14(10-13)11-28-20(16)23/h4-7,10,12H,8-9,11H2,1-3H3,(H,24,25)/i3D2. The molecule has 2 aromatic carbocycles. The zero-order chi connectivity index (χ0) is 22.3. The SMILES string of the molecule is [2H]C([2H])Oc1c(OC)ccc(-c2ccc3c(c2)COC3=O)c1OC(C)C1(C(=O)O)CC1. The molecular formula is C22H22O7. The van der Waals surface area contributed by atoms with Gasteiger partial charge in [0.15, 0.2) is 11.5 Å². The highest BCUT2D eigenvalue weighted by Gasteiger charge is 2.56. The molecule has 0 saturated heterocycles. The average molecular weight is 400 g/mol. The molecule has 0 spiro atoms. The van der Waals surface area contributed by atoms with Gasteiger partial charge in [-0.1, -0.05) is 6.07 Å². The lowest BCUT2D eigenvalue weighted by molar-refractivity contribution is -0.146. The lowest BCUT2D eigenvalue weighted by atomic mass is 9.98. The van der Waals surface area contributed by atoms with E-state index in [9.17, 15) is 14.7 Å². The van der Waals surface area contributed by atoms with Crippen LogP contribution in [0, 0.1) is 5.41 Å². The van der Waals surface area contributed by atoms with Crippen LogP contribution in [-0.4, -0.2) is 37.3 Å². The van der Waals surface area contributed by atoms with Crippen LogP contribution >= 0.6 is 0 Å². The topological polar surface area (TPSA) is 91.3 Å². The van der Waals surface area contributed by atoms with Crippen molar-refractivity contribution in [3.05, 3.63) is 41.5 Å². The average Bonchev–Trinajstić information content (AvgIpc) is 3.48. The summed E-state index contributed by atoms with van der Waals surface area (Å²) in [5.74, 6) is -0.812. The lowest BCUT2D eigenvalue weighted by Crippen LogP contribution is -2.32. The van der Waals surface area contributed by atoms with E-state index >= 15 is 0 Å². The Hall–Kier alpha value is -3.22. The number of carboxylic acids is 1. The number of rotatable bonds is 7. The Kier molecular flexibility index (Phi) is 4.03. The minimum atomic E-state index is -1.65. The van der Waals surface area contributed by atoms with Gasteiger partial charge in [0.25, 0.3) is 0 Å². The third-order valence-corrected chi connectivity index (χ3v) is 5.70.